The molecule has 0 aliphatic rings. The molecule has 1 N–H and O–H groups in total. The van der Waals surface area contributed by atoms with Crippen molar-refractivity contribution in [2.24, 2.45) is 0 Å². The number of hydrogen-bond donors (Lipinski definition) is 1. The Morgan fingerprint density at radius 1 is 1.60 bits per heavy atom. The summed E-state index contributed by atoms with van der Waals surface area (Å²) in [7, 11) is 1.35. The van der Waals surface area contributed by atoms with E-state index in [-0.39, 0.29) is 22.4 Å². The highest BCUT2D eigenvalue weighted by atomic mass is 19.1. The monoisotopic (exact) mass is 211 g/mol. The number of nitrogens with zero attached hydrogens (tertiary/aromatic N) is 1. The second-order valence-corrected chi connectivity index (χ2v) is 2.79. The molecule has 1 aromatic heterocycles. The molecule has 0 unspecified atom stereocenters. The fourth-order valence-corrected chi connectivity index (χ4v) is 1.31. The average Bonchev–Trinajstić information content (AvgIpc) is 2.64. The van der Waals surface area contributed by atoms with Crippen LogP contribution in [0.2, 0.25) is 0 Å². The molecule has 1 heterocycles. The zero-order valence-corrected chi connectivity index (χ0v) is 7.65. The number of carboxylic acid groups (broad SMARTS) is 1. The SMILES string of the molecule is COc1ccc(F)c2onc(C(=O)O)c12. The van der Waals surface area contributed by atoms with E-state index in [0.29, 0.717) is 0 Å². The first-order valence-corrected chi connectivity index (χ1v) is 4.00. The van der Waals surface area contributed by atoms with Gasteiger partial charge in [-0.25, -0.2) is 9.18 Å². The highest BCUT2D eigenvalue weighted by Gasteiger charge is 2.21. The maximum absolute atomic E-state index is 13.2. The number of hydrogen-bond acceptors (Lipinski definition) is 4. The molecule has 0 radical (unpaired) electrons. The van der Waals surface area contributed by atoms with Gasteiger partial charge in [-0.1, -0.05) is 5.16 Å². The molecule has 1 aromatic carbocycles. The maximum atomic E-state index is 13.2. The summed E-state index contributed by atoms with van der Waals surface area (Å²) in [6, 6.07) is 2.44. The highest BCUT2D eigenvalue weighted by molar-refractivity contribution is 6.03. The zero-order valence-electron chi connectivity index (χ0n) is 7.65. The molecule has 0 aliphatic heterocycles. The Balaban J connectivity index is 2.86. The molecule has 6 heteroatoms. The quantitative estimate of drug-likeness (QED) is 0.817. The fourth-order valence-electron chi connectivity index (χ4n) is 1.31. The smallest absolute Gasteiger partial charge is 0.358 e. The molecular formula is C9H6FNO4. The number of benzene rings is 1. The zero-order chi connectivity index (χ0) is 11.0. The van der Waals surface area contributed by atoms with Crippen molar-refractivity contribution >= 4 is 16.9 Å². The molecule has 2 rings (SSSR count). The van der Waals surface area contributed by atoms with Gasteiger partial charge in [-0.15, -0.1) is 0 Å². The molecule has 0 atom stereocenters. The van der Waals surface area contributed by atoms with E-state index in [1.54, 1.807) is 0 Å². The van der Waals surface area contributed by atoms with E-state index in [2.05, 4.69) is 9.68 Å². The lowest BCUT2D eigenvalue weighted by Crippen LogP contribution is -1.98. The fraction of sp³-hybridized carbons (Fsp3) is 0.111. The van der Waals surface area contributed by atoms with Gasteiger partial charge in [0.25, 0.3) is 0 Å². The summed E-state index contributed by atoms with van der Waals surface area (Å²) in [6.07, 6.45) is 0. The number of carbonyl (C=O) groups is 1. The summed E-state index contributed by atoms with van der Waals surface area (Å²) in [5, 5.41) is 12.1. The van der Waals surface area contributed by atoms with Crippen molar-refractivity contribution in [1.82, 2.24) is 5.16 Å². The Bertz CT molecular complexity index is 534. The largest absolute Gasteiger partial charge is 0.496 e. The second kappa shape index (κ2) is 3.23. The van der Waals surface area contributed by atoms with Crippen molar-refractivity contribution < 1.29 is 23.6 Å². The van der Waals surface area contributed by atoms with Crippen LogP contribution in [0.5, 0.6) is 5.75 Å². The maximum Gasteiger partial charge on any atom is 0.358 e. The number of fused-ring (bicyclic) bond motifs is 1. The van der Waals surface area contributed by atoms with Gasteiger partial charge in [0.1, 0.15) is 11.1 Å². The van der Waals surface area contributed by atoms with E-state index in [1.807, 2.05) is 0 Å². The molecular weight excluding hydrogens is 205 g/mol. The molecule has 2 aromatic rings. The number of rotatable bonds is 2. The van der Waals surface area contributed by atoms with Gasteiger partial charge in [0.15, 0.2) is 5.82 Å². The minimum Gasteiger partial charge on any atom is -0.496 e. The number of carboxylic acids is 1. The molecule has 0 spiro atoms. The number of halogens is 1. The molecule has 0 saturated carbocycles. The molecule has 0 aliphatic carbocycles. The van der Waals surface area contributed by atoms with Crippen LogP contribution in [0.4, 0.5) is 4.39 Å². The van der Waals surface area contributed by atoms with Crippen LogP contribution < -0.4 is 4.74 Å². The summed E-state index contributed by atoms with van der Waals surface area (Å²) in [6.45, 7) is 0. The molecule has 0 fully saturated rings. The van der Waals surface area contributed by atoms with Gasteiger partial charge >= 0.3 is 5.97 Å². The van der Waals surface area contributed by atoms with Crippen LogP contribution in [0.1, 0.15) is 10.5 Å². The van der Waals surface area contributed by atoms with Gasteiger partial charge in [0.2, 0.25) is 11.3 Å². The third-order valence-corrected chi connectivity index (χ3v) is 1.96. The van der Waals surface area contributed by atoms with E-state index in [4.69, 9.17) is 9.84 Å². The summed E-state index contributed by atoms with van der Waals surface area (Å²) >= 11 is 0. The highest BCUT2D eigenvalue weighted by Crippen LogP contribution is 2.30. The van der Waals surface area contributed by atoms with Crippen LogP contribution >= 0.6 is 0 Å². The second-order valence-electron chi connectivity index (χ2n) is 2.79. The molecule has 78 valence electrons. The molecule has 0 amide bonds. The minimum absolute atomic E-state index is 0.0324. The van der Waals surface area contributed by atoms with Gasteiger partial charge in [0.05, 0.1) is 7.11 Å². The lowest BCUT2D eigenvalue weighted by molar-refractivity contribution is 0.0687. The van der Waals surface area contributed by atoms with Gasteiger partial charge in [-0.2, -0.15) is 0 Å². The Morgan fingerprint density at radius 2 is 2.33 bits per heavy atom. The third-order valence-electron chi connectivity index (χ3n) is 1.96. The predicted octanol–water partition coefficient (Wildman–Crippen LogP) is 1.67. The van der Waals surface area contributed by atoms with Gasteiger partial charge in [-0.3, -0.25) is 0 Å². The van der Waals surface area contributed by atoms with Crippen molar-refractivity contribution in [3.63, 3.8) is 0 Å². The standard InChI is InChI=1S/C9H6FNO4/c1-14-5-3-2-4(10)8-6(5)7(9(12)13)11-15-8/h2-3H,1H3,(H,12,13). The topological polar surface area (TPSA) is 72.6 Å². The van der Waals surface area contributed by atoms with E-state index in [1.165, 1.54) is 13.2 Å². The van der Waals surface area contributed by atoms with Crippen molar-refractivity contribution in [3.8, 4) is 5.75 Å². The van der Waals surface area contributed by atoms with Crippen LogP contribution in [0.25, 0.3) is 11.0 Å². The number of aromatic carboxylic acids is 1. The third kappa shape index (κ3) is 1.30. The first-order chi connectivity index (χ1) is 7.15. The number of ether oxygens (including phenoxy) is 1. The number of aromatic nitrogens is 1. The van der Waals surface area contributed by atoms with Crippen LogP contribution in [0.3, 0.4) is 0 Å². The first-order valence-electron chi connectivity index (χ1n) is 4.00. The lowest BCUT2D eigenvalue weighted by Gasteiger charge is -2.00. The van der Waals surface area contributed by atoms with Crippen molar-refractivity contribution in [2.75, 3.05) is 7.11 Å². The van der Waals surface area contributed by atoms with E-state index in [0.717, 1.165) is 6.07 Å². The average molecular weight is 211 g/mol. The molecule has 0 saturated heterocycles. The van der Waals surface area contributed by atoms with E-state index in [9.17, 15) is 9.18 Å². The normalized spacial score (nSPS) is 10.5. The molecule has 5 nitrogen and oxygen atoms in total. The van der Waals surface area contributed by atoms with Gasteiger partial charge < -0.3 is 14.4 Å². The van der Waals surface area contributed by atoms with Crippen molar-refractivity contribution in [2.45, 2.75) is 0 Å². The Kier molecular flexibility index (Phi) is 2.03. The van der Waals surface area contributed by atoms with Crippen LogP contribution in [-0.4, -0.2) is 23.3 Å². The molecule has 0 bridgehead atoms. The van der Waals surface area contributed by atoms with Crippen molar-refractivity contribution in [1.29, 1.82) is 0 Å². The summed E-state index contributed by atoms with van der Waals surface area (Å²) in [4.78, 5) is 10.8. The van der Waals surface area contributed by atoms with E-state index < -0.39 is 11.8 Å². The number of methoxy groups -OCH3 is 1. The predicted molar refractivity (Wildman–Crippen MR) is 47.5 cm³/mol. The Labute approximate surface area is 83.0 Å². The molecule has 15 heavy (non-hydrogen) atoms. The first kappa shape index (κ1) is 9.45. The van der Waals surface area contributed by atoms with Crippen LogP contribution in [0, 0.1) is 5.82 Å². The van der Waals surface area contributed by atoms with Crippen LogP contribution in [0.15, 0.2) is 16.7 Å². The summed E-state index contributed by atoms with van der Waals surface area (Å²) in [5.74, 6) is -1.76. The van der Waals surface area contributed by atoms with Gasteiger partial charge in [-0.05, 0) is 12.1 Å². The van der Waals surface area contributed by atoms with Crippen molar-refractivity contribution in [3.05, 3.63) is 23.6 Å². The Morgan fingerprint density at radius 3 is 2.93 bits per heavy atom. The minimum atomic E-state index is -1.29. The summed E-state index contributed by atoms with van der Waals surface area (Å²) in [5.41, 5.74) is -0.576. The lowest BCUT2D eigenvalue weighted by atomic mass is 10.2. The Hall–Kier alpha value is -2.11. The van der Waals surface area contributed by atoms with E-state index >= 15 is 0 Å². The van der Waals surface area contributed by atoms with Crippen LogP contribution in [-0.2, 0) is 0 Å². The van der Waals surface area contributed by atoms with Gasteiger partial charge in [0, 0.05) is 0 Å². The summed E-state index contributed by atoms with van der Waals surface area (Å²) < 4.78 is 22.7.